The van der Waals surface area contributed by atoms with Crippen molar-refractivity contribution in [2.24, 2.45) is 0 Å². The predicted octanol–water partition coefficient (Wildman–Crippen LogP) is 0.216. The van der Waals surface area contributed by atoms with E-state index in [-0.39, 0.29) is 47.4 Å². The minimum absolute atomic E-state index is 0.0177. The third-order valence-corrected chi connectivity index (χ3v) is 5.55. The average Bonchev–Trinajstić information content (AvgIpc) is 3.03. The Balaban J connectivity index is 1.58. The van der Waals surface area contributed by atoms with Gasteiger partial charge in [-0.05, 0) is 30.2 Å². The van der Waals surface area contributed by atoms with Crippen molar-refractivity contribution in [3.05, 3.63) is 64.2 Å². The molecular weight excluding hydrogens is 418 g/mol. The van der Waals surface area contributed by atoms with E-state index >= 15 is 0 Å². The van der Waals surface area contributed by atoms with E-state index in [9.17, 15) is 34.2 Å². The summed E-state index contributed by atoms with van der Waals surface area (Å²) in [6.45, 7) is -0.644. The highest BCUT2D eigenvalue weighted by atomic mass is 16.3. The van der Waals surface area contributed by atoms with Crippen LogP contribution >= 0.6 is 0 Å². The predicted molar refractivity (Wildman–Crippen MR) is 108 cm³/mol. The second kappa shape index (κ2) is 8.23. The Morgan fingerprint density at radius 1 is 1.09 bits per heavy atom. The molecule has 2 heterocycles. The summed E-state index contributed by atoms with van der Waals surface area (Å²) in [6.07, 6.45) is 0.0630. The number of carbonyl (C=O) groups is 5. The molecule has 32 heavy (non-hydrogen) atoms. The highest BCUT2D eigenvalue weighted by Crippen LogP contribution is 2.30. The molecule has 2 aromatic carbocycles. The lowest BCUT2D eigenvalue weighted by atomic mass is 10.0. The highest BCUT2D eigenvalue weighted by Gasteiger charge is 2.45. The topological polar surface area (TPSA) is 153 Å². The van der Waals surface area contributed by atoms with Gasteiger partial charge in [-0.25, -0.2) is 0 Å². The van der Waals surface area contributed by atoms with Crippen molar-refractivity contribution in [3.63, 3.8) is 0 Å². The van der Waals surface area contributed by atoms with Gasteiger partial charge in [0.1, 0.15) is 11.8 Å². The molecular formula is C22H19N3O7. The van der Waals surface area contributed by atoms with Gasteiger partial charge in [0.15, 0.2) is 0 Å². The lowest BCUT2D eigenvalue weighted by molar-refractivity contribution is -0.136. The fourth-order valence-electron chi connectivity index (χ4n) is 3.96. The molecule has 2 aliphatic heterocycles. The molecule has 0 saturated carbocycles. The van der Waals surface area contributed by atoms with Crippen molar-refractivity contribution >= 4 is 29.5 Å². The number of aromatic hydroxyl groups is 1. The van der Waals surface area contributed by atoms with Crippen LogP contribution in [0, 0.1) is 0 Å². The molecule has 1 saturated heterocycles. The monoisotopic (exact) mass is 437 g/mol. The van der Waals surface area contributed by atoms with Crippen LogP contribution in [0.15, 0.2) is 36.4 Å². The van der Waals surface area contributed by atoms with Gasteiger partial charge in [0.25, 0.3) is 17.7 Å². The molecule has 0 aromatic heterocycles. The van der Waals surface area contributed by atoms with Crippen LogP contribution < -0.4 is 10.6 Å². The lowest BCUT2D eigenvalue weighted by Gasteiger charge is -2.27. The number of hydrogen-bond donors (Lipinski definition) is 4. The maximum Gasteiger partial charge on any atom is 0.262 e. The quantitative estimate of drug-likeness (QED) is 0.488. The van der Waals surface area contributed by atoms with Crippen molar-refractivity contribution < 1.29 is 34.2 Å². The van der Waals surface area contributed by atoms with E-state index in [0.717, 1.165) is 4.90 Å². The first-order chi connectivity index (χ1) is 15.3. The summed E-state index contributed by atoms with van der Waals surface area (Å²) >= 11 is 0. The van der Waals surface area contributed by atoms with E-state index in [2.05, 4.69) is 10.6 Å². The molecule has 5 amide bonds. The van der Waals surface area contributed by atoms with Crippen molar-refractivity contribution in [2.75, 3.05) is 0 Å². The highest BCUT2D eigenvalue weighted by molar-refractivity contribution is 6.24. The fraction of sp³-hybridized carbons (Fsp3) is 0.227. The fourth-order valence-corrected chi connectivity index (χ4v) is 3.96. The van der Waals surface area contributed by atoms with E-state index in [4.69, 9.17) is 0 Å². The van der Waals surface area contributed by atoms with E-state index in [1.165, 1.54) is 24.3 Å². The number of piperidine rings is 1. The molecule has 0 spiro atoms. The minimum Gasteiger partial charge on any atom is -0.508 e. The summed E-state index contributed by atoms with van der Waals surface area (Å²) < 4.78 is 0. The molecule has 164 valence electrons. The smallest absolute Gasteiger partial charge is 0.262 e. The first-order valence-corrected chi connectivity index (χ1v) is 9.87. The van der Waals surface area contributed by atoms with Gasteiger partial charge in [-0.15, -0.1) is 0 Å². The number of benzene rings is 2. The van der Waals surface area contributed by atoms with Crippen LogP contribution in [0.25, 0.3) is 0 Å². The number of hydrogen-bond acceptors (Lipinski definition) is 7. The molecule has 1 unspecified atom stereocenters. The van der Waals surface area contributed by atoms with Gasteiger partial charge in [-0.1, -0.05) is 18.2 Å². The van der Waals surface area contributed by atoms with Crippen molar-refractivity contribution in [1.29, 1.82) is 0 Å². The molecule has 2 aromatic rings. The van der Waals surface area contributed by atoms with Crippen molar-refractivity contribution in [3.8, 4) is 5.75 Å². The van der Waals surface area contributed by atoms with Crippen LogP contribution in [0.5, 0.6) is 5.75 Å². The summed E-state index contributed by atoms with van der Waals surface area (Å²) in [5, 5.41) is 24.0. The Hall–Kier alpha value is -4.05. The molecule has 10 heteroatoms. The number of aliphatic hydroxyl groups is 1. The largest absolute Gasteiger partial charge is 0.508 e. The van der Waals surface area contributed by atoms with Gasteiger partial charge in [0, 0.05) is 24.1 Å². The van der Waals surface area contributed by atoms with Gasteiger partial charge >= 0.3 is 0 Å². The van der Waals surface area contributed by atoms with E-state index in [0.29, 0.717) is 5.56 Å². The van der Waals surface area contributed by atoms with Crippen LogP contribution in [0.4, 0.5) is 0 Å². The van der Waals surface area contributed by atoms with E-state index in [1.807, 2.05) is 0 Å². The van der Waals surface area contributed by atoms with Crippen LogP contribution in [0.3, 0.4) is 0 Å². The number of amides is 5. The molecule has 1 atom stereocenters. The summed E-state index contributed by atoms with van der Waals surface area (Å²) in [5.41, 5.74) is 0.710. The molecule has 1 fully saturated rings. The number of nitrogens with one attached hydrogen (secondary N) is 2. The number of nitrogens with zero attached hydrogens (tertiary/aromatic N) is 1. The number of carbonyl (C=O) groups excluding carboxylic acids is 5. The zero-order valence-corrected chi connectivity index (χ0v) is 16.8. The second-order valence-electron chi connectivity index (χ2n) is 7.43. The standard InChI is InChI=1S/C22H19N3O7/c26-10-14-12(4-2-6-16(14)27)19(29)23-9-11-3-1-5-13-18(11)22(32)25(21(13)31)15-7-8-17(28)24-20(15)30/h1-6,15,26-27H,7-10H2,(H,23,29)(H,24,28,30). The lowest BCUT2D eigenvalue weighted by Crippen LogP contribution is -2.54. The summed E-state index contributed by atoms with van der Waals surface area (Å²) in [6, 6.07) is 7.77. The number of rotatable bonds is 5. The van der Waals surface area contributed by atoms with Crippen LogP contribution in [0.1, 0.15) is 55.0 Å². The molecule has 0 bridgehead atoms. The number of imide groups is 2. The normalized spacial score (nSPS) is 17.9. The Bertz CT molecular complexity index is 1170. The van der Waals surface area contributed by atoms with Gasteiger partial charge in [0.05, 0.1) is 17.7 Å². The SMILES string of the molecule is O=C1CCC(N2C(=O)c3cccc(CNC(=O)c4cccc(O)c4CO)c3C2=O)C(=O)N1. The zero-order chi connectivity index (χ0) is 23.0. The maximum atomic E-state index is 13.1. The average molecular weight is 437 g/mol. The summed E-state index contributed by atoms with van der Waals surface area (Å²) in [4.78, 5) is 63.0. The minimum atomic E-state index is -1.08. The molecule has 0 radical (unpaired) electrons. The number of phenols is 1. The molecule has 4 rings (SSSR count). The maximum absolute atomic E-state index is 13.1. The Morgan fingerprint density at radius 3 is 2.56 bits per heavy atom. The first-order valence-electron chi connectivity index (χ1n) is 9.87. The van der Waals surface area contributed by atoms with E-state index in [1.54, 1.807) is 12.1 Å². The summed E-state index contributed by atoms with van der Waals surface area (Å²) in [5.74, 6) is -3.27. The van der Waals surface area contributed by atoms with Crippen molar-refractivity contribution in [1.82, 2.24) is 15.5 Å². The van der Waals surface area contributed by atoms with Crippen LogP contribution in [0.2, 0.25) is 0 Å². The van der Waals surface area contributed by atoms with Gasteiger partial charge in [-0.3, -0.25) is 34.2 Å². The molecule has 10 nitrogen and oxygen atoms in total. The first kappa shape index (κ1) is 21.2. The van der Waals surface area contributed by atoms with Gasteiger partial charge in [0.2, 0.25) is 11.8 Å². The van der Waals surface area contributed by atoms with Crippen LogP contribution in [-0.2, 0) is 22.7 Å². The number of fused-ring (bicyclic) bond motifs is 1. The summed E-state index contributed by atoms with van der Waals surface area (Å²) in [7, 11) is 0. The Labute approximate surface area is 181 Å². The van der Waals surface area contributed by atoms with Crippen molar-refractivity contribution in [2.45, 2.75) is 32.0 Å². The van der Waals surface area contributed by atoms with Gasteiger partial charge < -0.3 is 15.5 Å². The third-order valence-electron chi connectivity index (χ3n) is 5.55. The van der Waals surface area contributed by atoms with E-state index < -0.39 is 42.2 Å². The number of aliphatic hydroxyl groups excluding tert-OH is 1. The third kappa shape index (κ3) is 3.50. The second-order valence-corrected chi connectivity index (χ2v) is 7.43. The van der Waals surface area contributed by atoms with Gasteiger partial charge in [-0.2, -0.15) is 0 Å². The zero-order valence-electron chi connectivity index (χ0n) is 16.8. The molecule has 4 N–H and O–H groups in total. The Morgan fingerprint density at radius 2 is 1.84 bits per heavy atom. The molecule has 2 aliphatic rings. The Kier molecular flexibility index (Phi) is 5.45. The van der Waals surface area contributed by atoms with Crippen LogP contribution in [-0.4, -0.2) is 50.7 Å². The molecule has 0 aliphatic carbocycles.